The standard InChI is InChI=1S/C11H9FN4O2S/c1-6-10(19(17,18)11-13-5-14-16-11)8-4-7(12)2-3-9(8)15-6/h2-5,15H,1H3,(H,13,14,16). The van der Waals surface area contributed by atoms with Gasteiger partial charge in [-0.2, -0.15) is 5.10 Å². The van der Waals surface area contributed by atoms with E-state index in [1.54, 1.807) is 6.92 Å². The molecule has 1 aromatic carbocycles. The summed E-state index contributed by atoms with van der Waals surface area (Å²) < 4.78 is 38.2. The fraction of sp³-hybridized carbons (Fsp3) is 0.0909. The molecule has 3 rings (SSSR count). The topological polar surface area (TPSA) is 91.5 Å². The molecule has 0 aliphatic heterocycles. The van der Waals surface area contributed by atoms with Crippen molar-refractivity contribution < 1.29 is 12.8 Å². The Morgan fingerprint density at radius 3 is 2.79 bits per heavy atom. The number of sulfone groups is 1. The predicted molar refractivity (Wildman–Crippen MR) is 64.8 cm³/mol. The molecule has 6 nitrogen and oxygen atoms in total. The molecule has 0 atom stereocenters. The van der Waals surface area contributed by atoms with Crippen LogP contribution in [0.15, 0.2) is 34.6 Å². The van der Waals surface area contributed by atoms with Crippen molar-refractivity contribution in [2.45, 2.75) is 17.0 Å². The molecule has 98 valence electrons. The minimum Gasteiger partial charge on any atom is -0.358 e. The maximum Gasteiger partial charge on any atom is 0.247 e. The molecule has 0 aliphatic rings. The second-order valence-electron chi connectivity index (χ2n) is 4.06. The van der Waals surface area contributed by atoms with Gasteiger partial charge in [-0.25, -0.2) is 22.9 Å². The number of hydrogen-bond acceptors (Lipinski definition) is 4. The number of aryl methyl sites for hydroxylation is 1. The fourth-order valence-corrected chi connectivity index (χ4v) is 3.51. The van der Waals surface area contributed by atoms with Crippen LogP contribution in [-0.2, 0) is 9.84 Å². The summed E-state index contributed by atoms with van der Waals surface area (Å²) in [7, 11) is -3.85. The highest BCUT2D eigenvalue weighted by molar-refractivity contribution is 7.91. The van der Waals surface area contributed by atoms with E-state index in [-0.39, 0.29) is 10.1 Å². The van der Waals surface area contributed by atoms with E-state index in [0.717, 1.165) is 6.33 Å². The van der Waals surface area contributed by atoms with Gasteiger partial charge >= 0.3 is 0 Å². The molecule has 0 bridgehead atoms. The van der Waals surface area contributed by atoms with Gasteiger partial charge in [-0.05, 0) is 25.1 Å². The monoisotopic (exact) mass is 280 g/mol. The number of aromatic amines is 2. The van der Waals surface area contributed by atoms with Crippen LogP contribution in [0.1, 0.15) is 5.69 Å². The third-order valence-corrected chi connectivity index (χ3v) is 4.57. The Balaban J connectivity index is 2.37. The Kier molecular flexibility index (Phi) is 2.42. The molecule has 0 saturated heterocycles. The maximum atomic E-state index is 13.3. The molecule has 3 aromatic rings. The first-order valence-electron chi connectivity index (χ1n) is 5.38. The second-order valence-corrected chi connectivity index (χ2v) is 5.86. The molecule has 19 heavy (non-hydrogen) atoms. The molecule has 0 spiro atoms. The van der Waals surface area contributed by atoms with Crippen molar-refractivity contribution in [1.82, 2.24) is 20.2 Å². The SMILES string of the molecule is Cc1[nH]c2ccc(F)cc2c1S(=O)(=O)c1ncn[nH]1. The van der Waals surface area contributed by atoms with Gasteiger partial charge in [-0.15, -0.1) is 0 Å². The average molecular weight is 280 g/mol. The van der Waals surface area contributed by atoms with Crippen molar-refractivity contribution in [2.24, 2.45) is 0 Å². The van der Waals surface area contributed by atoms with Crippen molar-refractivity contribution in [2.75, 3.05) is 0 Å². The van der Waals surface area contributed by atoms with Gasteiger partial charge < -0.3 is 4.98 Å². The van der Waals surface area contributed by atoms with E-state index in [4.69, 9.17) is 0 Å². The maximum absolute atomic E-state index is 13.3. The lowest BCUT2D eigenvalue weighted by molar-refractivity contribution is 0.588. The van der Waals surface area contributed by atoms with E-state index < -0.39 is 15.7 Å². The molecule has 0 saturated carbocycles. The smallest absolute Gasteiger partial charge is 0.247 e. The van der Waals surface area contributed by atoms with Crippen LogP contribution < -0.4 is 0 Å². The van der Waals surface area contributed by atoms with Crippen LogP contribution in [-0.4, -0.2) is 28.6 Å². The van der Waals surface area contributed by atoms with Crippen molar-refractivity contribution in [1.29, 1.82) is 0 Å². The minimum atomic E-state index is -3.85. The molecule has 2 aromatic heterocycles. The lowest BCUT2D eigenvalue weighted by Gasteiger charge is -2.00. The van der Waals surface area contributed by atoms with Crippen molar-refractivity contribution >= 4 is 20.7 Å². The van der Waals surface area contributed by atoms with Crippen molar-refractivity contribution in [3.8, 4) is 0 Å². The lowest BCUT2D eigenvalue weighted by atomic mass is 10.2. The fourth-order valence-electron chi connectivity index (χ4n) is 2.04. The van der Waals surface area contributed by atoms with Gasteiger partial charge in [0.1, 0.15) is 17.0 Å². The summed E-state index contributed by atoms with van der Waals surface area (Å²) in [5, 5.41) is 5.88. The van der Waals surface area contributed by atoms with Gasteiger partial charge in [0.05, 0.1) is 0 Å². The molecule has 0 amide bonds. The van der Waals surface area contributed by atoms with Crippen molar-refractivity contribution in [3.05, 3.63) is 36.0 Å². The number of H-pyrrole nitrogens is 2. The van der Waals surface area contributed by atoms with E-state index in [0.29, 0.717) is 16.6 Å². The van der Waals surface area contributed by atoms with Crippen LogP contribution in [0.5, 0.6) is 0 Å². The zero-order chi connectivity index (χ0) is 13.6. The number of halogens is 1. The van der Waals surface area contributed by atoms with Gasteiger partial charge in [0.15, 0.2) is 0 Å². The summed E-state index contributed by atoms with van der Waals surface area (Å²) in [5.41, 5.74) is 0.981. The van der Waals surface area contributed by atoms with Gasteiger partial charge in [0, 0.05) is 16.6 Å². The van der Waals surface area contributed by atoms with E-state index >= 15 is 0 Å². The van der Waals surface area contributed by atoms with Gasteiger partial charge in [0.2, 0.25) is 15.0 Å². The Hall–Kier alpha value is -2.22. The van der Waals surface area contributed by atoms with E-state index in [1.165, 1.54) is 18.2 Å². The quantitative estimate of drug-likeness (QED) is 0.745. The number of rotatable bonds is 2. The highest BCUT2D eigenvalue weighted by Gasteiger charge is 2.27. The Labute approximate surface area is 107 Å². The third-order valence-electron chi connectivity index (χ3n) is 2.81. The van der Waals surface area contributed by atoms with Crippen molar-refractivity contribution in [3.63, 3.8) is 0 Å². The van der Waals surface area contributed by atoms with Crippen LogP contribution in [0, 0.1) is 12.7 Å². The number of nitrogens with one attached hydrogen (secondary N) is 2. The summed E-state index contributed by atoms with van der Waals surface area (Å²) in [6.45, 7) is 1.61. The van der Waals surface area contributed by atoms with Crippen LogP contribution in [0.25, 0.3) is 10.9 Å². The first kappa shape index (κ1) is 11.8. The molecular formula is C11H9FN4O2S. The number of benzene rings is 1. The number of aromatic nitrogens is 4. The first-order chi connectivity index (χ1) is 9.00. The largest absolute Gasteiger partial charge is 0.358 e. The number of nitrogens with zero attached hydrogens (tertiary/aromatic N) is 2. The lowest BCUT2D eigenvalue weighted by Crippen LogP contribution is -2.05. The van der Waals surface area contributed by atoms with Crippen LogP contribution in [0.4, 0.5) is 4.39 Å². The highest BCUT2D eigenvalue weighted by atomic mass is 32.2. The zero-order valence-electron chi connectivity index (χ0n) is 9.81. The number of hydrogen-bond donors (Lipinski definition) is 2. The summed E-state index contributed by atoms with van der Waals surface area (Å²) in [6, 6.07) is 3.95. The Morgan fingerprint density at radius 2 is 2.11 bits per heavy atom. The van der Waals surface area contributed by atoms with E-state index in [1.807, 2.05) is 0 Å². The molecular weight excluding hydrogens is 271 g/mol. The Morgan fingerprint density at radius 1 is 1.32 bits per heavy atom. The highest BCUT2D eigenvalue weighted by Crippen LogP contribution is 2.30. The van der Waals surface area contributed by atoms with E-state index in [9.17, 15) is 12.8 Å². The average Bonchev–Trinajstić information content (AvgIpc) is 2.95. The molecule has 0 radical (unpaired) electrons. The molecule has 8 heteroatoms. The van der Waals surface area contributed by atoms with Crippen LogP contribution >= 0.6 is 0 Å². The van der Waals surface area contributed by atoms with E-state index in [2.05, 4.69) is 20.2 Å². The number of fused-ring (bicyclic) bond motifs is 1. The summed E-state index contributed by atoms with van der Waals surface area (Å²) in [5.74, 6) is -0.500. The zero-order valence-corrected chi connectivity index (χ0v) is 10.6. The summed E-state index contributed by atoms with van der Waals surface area (Å²) >= 11 is 0. The third kappa shape index (κ3) is 1.72. The second kappa shape index (κ2) is 3.89. The molecule has 0 unspecified atom stereocenters. The normalized spacial score (nSPS) is 12.1. The minimum absolute atomic E-state index is 0.0127. The van der Waals surface area contributed by atoms with Crippen LogP contribution in [0.3, 0.4) is 0 Å². The summed E-state index contributed by atoms with van der Waals surface area (Å²) in [6.07, 6.45) is 1.11. The first-order valence-corrected chi connectivity index (χ1v) is 6.87. The molecule has 2 N–H and O–H groups in total. The summed E-state index contributed by atoms with van der Waals surface area (Å²) in [4.78, 5) is 6.58. The molecule has 0 fully saturated rings. The predicted octanol–water partition coefficient (Wildman–Crippen LogP) is 1.57. The van der Waals surface area contributed by atoms with Crippen LogP contribution in [0.2, 0.25) is 0 Å². The molecule has 2 heterocycles. The van der Waals surface area contributed by atoms with Gasteiger partial charge in [-0.1, -0.05) is 0 Å². The molecule has 0 aliphatic carbocycles. The Bertz CT molecular complexity index is 852. The van der Waals surface area contributed by atoms with Gasteiger partial charge in [0.25, 0.3) is 0 Å². The van der Waals surface area contributed by atoms with Gasteiger partial charge in [-0.3, -0.25) is 0 Å².